The number of aliphatic imine (C=N–C) groups is 1. The van der Waals surface area contributed by atoms with Crippen LogP contribution in [0.2, 0.25) is 19.6 Å². The Kier molecular flexibility index (Phi) is 8.99. The Morgan fingerprint density at radius 3 is 2.52 bits per heavy atom. The van der Waals surface area contributed by atoms with Gasteiger partial charge < -0.3 is 18.8 Å². The van der Waals surface area contributed by atoms with Crippen LogP contribution in [0.3, 0.4) is 0 Å². The van der Waals surface area contributed by atoms with E-state index in [1.54, 1.807) is 11.1 Å². The van der Waals surface area contributed by atoms with E-state index in [1.165, 1.54) is 0 Å². The number of halogens is 1. The van der Waals surface area contributed by atoms with E-state index in [0.29, 0.717) is 31.5 Å². The molecule has 6 nitrogen and oxygen atoms in total. The van der Waals surface area contributed by atoms with Gasteiger partial charge in [-0.3, -0.25) is 0 Å². The number of benzene rings is 1. The van der Waals surface area contributed by atoms with Crippen LogP contribution in [0.5, 0.6) is 5.75 Å². The minimum atomic E-state index is -1.73. The van der Waals surface area contributed by atoms with Crippen molar-refractivity contribution in [3.05, 3.63) is 39.8 Å². The lowest BCUT2D eigenvalue weighted by atomic mass is 9.98. The molecule has 1 aromatic rings. The lowest BCUT2D eigenvalue weighted by Crippen LogP contribution is -2.42. The third kappa shape index (κ3) is 9.63. The summed E-state index contributed by atoms with van der Waals surface area (Å²) in [4.78, 5) is 18.4. The predicted octanol–water partition coefficient (Wildman–Crippen LogP) is 6.06. The van der Waals surface area contributed by atoms with Crippen molar-refractivity contribution in [2.24, 2.45) is 10.9 Å². The van der Waals surface area contributed by atoms with Crippen molar-refractivity contribution >= 4 is 43.2 Å². The normalized spacial score (nSPS) is 15.8. The number of amides is 1. The molecule has 0 aromatic heterocycles. The molecule has 0 spiro atoms. The zero-order chi connectivity index (χ0) is 23.2. The van der Waals surface area contributed by atoms with Crippen LogP contribution in [0.4, 0.5) is 4.79 Å². The lowest BCUT2D eigenvalue weighted by molar-refractivity contribution is 0.0165. The van der Waals surface area contributed by atoms with Gasteiger partial charge in [-0.2, -0.15) is 0 Å². The Balaban J connectivity index is 1.92. The average molecular weight is 559 g/mol. The summed E-state index contributed by atoms with van der Waals surface area (Å²) < 4.78 is 18.5. The van der Waals surface area contributed by atoms with Gasteiger partial charge in [-0.05, 0) is 107 Å². The molecule has 0 N–H and O–H groups in total. The van der Waals surface area contributed by atoms with Crippen LogP contribution in [-0.2, 0) is 9.16 Å². The molecule has 0 atom stereocenters. The standard InChI is InChI=1S/C23H35IN2O4Si/c1-17(30-31(5,6)7)25-15-19-14-20(24)8-9-21(19)28-16-18-10-12-26(13-11-18)22(27)29-23(2,3)4/h8-9,14-15,18H,1,10-13,16H2,2-7H3/b25-15+. The van der Waals surface area contributed by atoms with Crippen molar-refractivity contribution in [2.45, 2.75) is 58.9 Å². The third-order valence-corrected chi connectivity index (χ3v) is 6.00. The number of rotatable bonds is 7. The maximum atomic E-state index is 12.2. The van der Waals surface area contributed by atoms with Crippen LogP contribution in [-0.4, -0.2) is 50.8 Å². The van der Waals surface area contributed by atoms with E-state index < -0.39 is 13.9 Å². The highest BCUT2D eigenvalue weighted by Crippen LogP contribution is 2.24. The van der Waals surface area contributed by atoms with E-state index in [4.69, 9.17) is 13.9 Å². The van der Waals surface area contributed by atoms with Crippen molar-refractivity contribution in [2.75, 3.05) is 19.7 Å². The maximum Gasteiger partial charge on any atom is 0.410 e. The molecule has 31 heavy (non-hydrogen) atoms. The smallest absolute Gasteiger partial charge is 0.410 e. The lowest BCUT2D eigenvalue weighted by Gasteiger charge is -2.33. The maximum absolute atomic E-state index is 12.2. The summed E-state index contributed by atoms with van der Waals surface area (Å²) in [6.07, 6.45) is 3.32. The molecule has 1 aliphatic rings. The molecule has 0 saturated carbocycles. The Hall–Kier alpha value is -1.55. The van der Waals surface area contributed by atoms with Gasteiger partial charge >= 0.3 is 6.09 Å². The first-order valence-electron chi connectivity index (χ1n) is 10.6. The second kappa shape index (κ2) is 10.8. The monoisotopic (exact) mass is 558 g/mol. The molecule has 1 fully saturated rings. The Bertz CT molecular complexity index is 807. The summed E-state index contributed by atoms with van der Waals surface area (Å²) in [7, 11) is -1.73. The SMILES string of the molecule is C=C(/N=C/c1cc(I)ccc1OCC1CCN(C(=O)OC(C)(C)C)CC1)O[Si](C)(C)C. The Morgan fingerprint density at radius 1 is 1.29 bits per heavy atom. The summed E-state index contributed by atoms with van der Waals surface area (Å²) in [6, 6.07) is 6.03. The fraction of sp³-hybridized carbons (Fsp3) is 0.565. The molecular formula is C23H35IN2O4Si. The van der Waals surface area contributed by atoms with E-state index in [1.807, 2.05) is 39.0 Å². The van der Waals surface area contributed by atoms with E-state index in [0.717, 1.165) is 27.7 Å². The fourth-order valence-electron chi connectivity index (χ4n) is 3.09. The summed E-state index contributed by atoms with van der Waals surface area (Å²) in [5.41, 5.74) is 0.434. The highest BCUT2D eigenvalue weighted by molar-refractivity contribution is 14.1. The van der Waals surface area contributed by atoms with Gasteiger partial charge in [0, 0.05) is 28.4 Å². The first kappa shape index (κ1) is 25.7. The molecular weight excluding hydrogens is 523 g/mol. The zero-order valence-corrected chi connectivity index (χ0v) is 22.7. The second-order valence-corrected chi connectivity index (χ2v) is 15.4. The van der Waals surface area contributed by atoms with Crippen molar-refractivity contribution in [1.82, 2.24) is 4.90 Å². The molecule has 1 heterocycles. The van der Waals surface area contributed by atoms with Crippen molar-refractivity contribution in [3.63, 3.8) is 0 Å². The molecule has 0 unspecified atom stereocenters. The highest BCUT2D eigenvalue weighted by atomic mass is 127. The number of likely N-dealkylation sites (tertiary alicyclic amines) is 1. The molecule has 0 aliphatic carbocycles. The number of ether oxygens (including phenoxy) is 2. The number of piperidine rings is 1. The largest absolute Gasteiger partial charge is 0.532 e. The number of carbonyl (C=O) groups excluding carboxylic acids is 1. The first-order valence-corrected chi connectivity index (χ1v) is 15.1. The molecule has 8 heteroatoms. The minimum Gasteiger partial charge on any atom is -0.532 e. The van der Waals surface area contributed by atoms with Crippen molar-refractivity contribution < 1.29 is 18.7 Å². The topological polar surface area (TPSA) is 60.4 Å². The van der Waals surface area contributed by atoms with Crippen LogP contribution in [0, 0.1) is 9.49 Å². The quantitative estimate of drug-likeness (QED) is 0.177. The summed E-state index contributed by atoms with van der Waals surface area (Å²) in [5, 5.41) is 0. The van der Waals surface area contributed by atoms with Crippen LogP contribution in [0.1, 0.15) is 39.2 Å². The van der Waals surface area contributed by atoms with Gasteiger partial charge in [-0.25, -0.2) is 9.79 Å². The Morgan fingerprint density at radius 2 is 1.94 bits per heavy atom. The number of hydrogen-bond acceptors (Lipinski definition) is 5. The van der Waals surface area contributed by atoms with E-state index in [-0.39, 0.29) is 6.09 Å². The number of carbonyl (C=O) groups is 1. The summed E-state index contributed by atoms with van der Waals surface area (Å²) >= 11 is 2.28. The molecule has 1 aliphatic heterocycles. The van der Waals surface area contributed by atoms with Gasteiger partial charge in [-0.1, -0.05) is 0 Å². The minimum absolute atomic E-state index is 0.233. The van der Waals surface area contributed by atoms with Crippen LogP contribution in [0.25, 0.3) is 0 Å². The summed E-state index contributed by atoms with van der Waals surface area (Å²) in [5.74, 6) is 1.62. The van der Waals surface area contributed by atoms with Gasteiger partial charge in [0.05, 0.1) is 6.61 Å². The van der Waals surface area contributed by atoms with Gasteiger partial charge in [-0.15, -0.1) is 0 Å². The van der Waals surface area contributed by atoms with Gasteiger partial charge in [0.25, 0.3) is 0 Å². The van der Waals surface area contributed by atoms with Crippen molar-refractivity contribution in [3.8, 4) is 5.75 Å². The first-order chi connectivity index (χ1) is 14.3. The van der Waals surface area contributed by atoms with Gasteiger partial charge in [0.1, 0.15) is 11.4 Å². The zero-order valence-electron chi connectivity index (χ0n) is 19.5. The van der Waals surface area contributed by atoms with Crippen LogP contribution in [0.15, 0.2) is 35.7 Å². The highest BCUT2D eigenvalue weighted by Gasteiger charge is 2.27. The van der Waals surface area contributed by atoms with Gasteiger partial charge in [0.2, 0.25) is 8.32 Å². The van der Waals surface area contributed by atoms with E-state index >= 15 is 0 Å². The molecule has 1 amide bonds. The number of nitrogens with zero attached hydrogens (tertiary/aromatic N) is 2. The summed E-state index contributed by atoms with van der Waals surface area (Å²) in [6.45, 7) is 17.9. The molecule has 2 rings (SSSR count). The molecule has 1 saturated heterocycles. The average Bonchev–Trinajstić information content (AvgIpc) is 2.63. The number of hydrogen-bond donors (Lipinski definition) is 0. The third-order valence-electron chi connectivity index (χ3n) is 4.48. The fourth-order valence-corrected chi connectivity index (χ4v) is 4.36. The molecule has 0 radical (unpaired) electrons. The van der Waals surface area contributed by atoms with E-state index in [9.17, 15) is 4.79 Å². The van der Waals surface area contributed by atoms with Crippen LogP contribution < -0.4 is 4.74 Å². The Labute approximate surface area is 201 Å². The van der Waals surface area contributed by atoms with E-state index in [2.05, 4.69) is 53.8 Å². The van der Waals surface area contributed by atoms with Crippen molar-refractivity contribution in [1.29, 1.82) is 0 Å². The molecule has 0 bridgehead atoms. The second-order valence-electron chi connectivity index (χ2n) is 9.77. The van der Waals surface area contributed by atoms with Crippen LogP contribution >= 0.6 is 22.6 Å². The predicted molar refractivity (Wildman–Crippen MR) is 136 cm³/mol. The van der Waals surface area contributed by atoms with Gasteiger partial charge in [0.15, 0.2) is 5.88 Å². The molecule has 1 aromatic carbocycles. The molecule has 172 valence electrons.